The van der Waals surface area contributed by atoms with Gasteiger partial charge in [0.1, 0.15) is 0 Å². The fourth-order valence-corrected chi connectivity index (χ4v) is 9.30. The molecule has 3 aliphatic carbocycles. The lowest BCUT2D eigenvalue weighted by molar-refractivity contribution is 0.135. The molecule has 194 valence electrons. The Hall–Kier alpha value is -3.38. The zero-order valence-electron chi connectivity index (χ0n) is 23.0. The molecule has 5 aromatic carbocycles. The van der Waals surface area contributed by atoms with E-state index in [0.717, 1.165) is 11.8 Å². The molecule has 0 N–H and O–H groups in total. The number of fused-ring (bicyclic) bond motifs is 4. The summed E-state index contributed by atoms with van der Waals surface area (Å²) in [5.74, 6) is 1.45. The van der Waals surface area contributed by atoms with Gasteiger partial charge in [-0.2, -0.15) is 0 Å². The molecule has 8 rings (SSSR count). The van der Waals surface area contributed by atoms with Gasteiger partial charge < -0.3 is 0 Å². The standard InChI is InChI=1S/C39H38/c1-4-15-27(16-5-1)36-30-21-10-11-22-31(30)37-32-23-12-13-25-34(32)39(28-17-6-2-7-18-28,29-19-8-3-9-20-29)35-26-14-24-33(36)38(35)37/h1,4-5,10-16,21-26,28-29H,2-3,6-9,17-20H2. The summed E-state index contributed by atoms with van der Waals surface area (Å²) in [5.41, 5.74) is 9.13. The van der Waals surface area contributed by atoms with Gasteiger partial charge in [0.05, 0.1) is 0 Å². The van der Waals surface area contributed by atoms with Crippen LogP contribution >= 0.6 is 0 Å². The Morgan fingerprint density at radius 3 is 1.67 bits per heavy atom. The fraction of sp³-hybridized carbons (Fsp3) is 0.333. The summed E-state index contributed by atoms with van der Waals surface area (Å²) in [5, 5.41) is 5.77. The molecule has 0 amide bonds. The summed E-state index contributed by atoms with van der Waals surface area (Å²) in [4.78, 5) is 0. The molecule has 3 aliphatic rings. The van der Waals surface area contributed by atoms with E-state index in [0.29, 0.717) is 0 Å². The minimum atomic E-state index is 0.111. The van der Waals surface area contributed by atoms with Crippen LogP contribution in [0.3, 0.4) is 0 Å². The lowest BCUT2D eigenvalue weighted by Gasteiger charge is -2.53. The van der Waals surface area contributed by atoms with Crippen LogP contribution in [-0.2, 0) is 5.41 Å². The van der Waals surface area contributed by atoms with Crippen LogP contribution < -0.4 is 0 Å². The molecule has 0 spiro atoms. The largest absolute Gasteiger partial charge is 0.0622 e. The highest BCUT2D eigenvalue weighted by Gasteiger charge is 2.52. The second kappa shape index (κ2) is 9.37. The molecule has 0 bridgehead atoms. The normalized spacial score (nSPS) is 19.3. The van der Waals surface area contributed by atoms with Crippen molar-refractivity contribution in [2.24, 2.45) is 11.8 Å². The van der Waals surface area contributed by atoms with Crippen LogP contribution in [0.25, 0.3) is 43.8 Å². The van der Waals surface area contributed by atoms with E-state index in [1.807, 2.05) is 0 Å². The predicted octanol–water partition coefficient (Wildman–Crippen LogP) is 11.1. The summed E-state index contributed by atoms with van der Waals surface area (Å²) in [7, 11) is 0. The van der Waals surface area contributed by atoms with Gasteiger partial charge in [-0.1, -0.05) is 136 Å². The predicted molar refractivity (Wildman–Crippen MR) is 166 cm³/mol. The highest BCUT2D eigenvalue weighted by molar-refractivity contribution is 6.23. The molecule has 39 heavy (non-hydrogen) atoms. The summed E-state index contributed by atoms with van der Waals surface area (Å²) in [6.07, 6.45) is 13.8. The number of hydrogen-bond donors (Lipinski definition) is 0. The van der Waals surface area contributed by atoms with Crippen molar-refractivity contribution >= 4 is 21.5 Å². The first kappa shape index (κ1) is 23.5. The highest BCUT2D eigenvalue weighted by atomic mass is 14.5. The van der Waals surface area contributed by atoms with Crippen molar-refractivity contribution in [2.75, 3.05) is 0 Å². The first-order valence-corrected chi connectivity index (χ1v) is 15.5. The minimum absolute atomic E-state index is 0.111. The second-order valence-electron chi connectivity index (χ2n) is 12.5. The highest BCUT2D eigenvalue weighted by Crippen LogP contribution is 2.62. The zero-order valence-corrected chi connectivity index (χ0v) is 23.0. The van der Waals surface area contributed by atoms with Crippen molar-refractivity contribution < 1.29 is 0 Å². The average molecular weight is 507 g/mol. The van der Waals surface area contributed by atoms with Crippen LogP contribution in [-0.4, -0.2) is 0 Å². The smallest absolute Gasteiger partial charge is 0.0271 e. The van der Waals surface area contributed by atoms with Crippen LogP contribution in [0.15, 0.2) is 97.1 Å². The van der Waals surface area contributed by atoms with Crippen molar-refractivity contribution in [1.82, 2.24) is 0 Å². The van der Waals surface area contributed by atoms with Gasteiger partial charge >= 0.3 is 0 Å². The Labute approximate surface area is 233 Å². The first-order chi connectivity index (χ1) is 19.4. The Morgan fingerprint density at radius 1 is 0.436 bits per heavy atom. The molecule has 0 heterocycles. The third-order valence-electron chi connectivity index (χ3n) is 10.7. The first-order valence-electron chi connectivity index (χ1n) is 15.5. The van der Waals surface area contributed by atoms with Crippen molar-refractivity contribution in [3.8, 4) is 22.3 Å². The molecule has 5 aromatic rings. The molecule has 0 saturated heterocycles. The molecular weight excluding hydrogens is 468 g/mol. The monoisotopic (exact) mass is 506 g/mol. The topological polar surface area (TPSA) is 0 Å². The Morgan fingerprint density at radius 2 is 0.974 bits per heavy atom. The van der Waals surface area contributed by atoms with E-state index in [1.54, 1.807) is 16.5 Å². The van der Waals surface area contributed by atoms with Crippen molar-refractivity contribution in [3.63, 3.8) is 0 Å². The van der Waals surface area contributed by atoms with Crippen molar-refractivity contribution in [2.45, 2.75) is 69.6 Å². The van der Waals surface area contributed by atoms with E-state index >= 15 is 0 Å². The van der Waals surface area contributed by atoms with Gasteiger partial charge in [-0.05, 0) is 92.4 Å². The van der Waals surface area contributed by atoms with Gasteiger partial charge in [-0.3, -0.25) is 0 Å². The van der Waals surface area contributed by atoms with E-state index in [-0.39, 0.29) is 5.41 Å². The summed E-state index contributed by atoms with van der Waals surface area (Å²) >= 11 is 0. The van der Waals surface area contributed by atoms with E-state index in [4.69, 9.17) is 0 Å². The van der Waals surface area contributed by atoms with Crippen LogP contribution in [0.2, 0.25) is 0 Å². The molecule has 0 unspecified atom stereocenters. The Bertz CT molecular complexity index is 1640. The number of hydrogen-bond acceptors (Lipinski definition) is 0. The summed E-state index contributed by atoms with van der Waals surface area (Å²) in [6.45, 7) is 0. The summed E-state index contributed by atoms with van der Waals surface area (Å²) < 4.78 is 0. The molecule has 0 radical (unpaired) electrons. The van der Waals surface area contributed by atoms with Gasteiger partial charge in [0, 0.05) is 5.41 Å². The van der Waals surface area contributed by atoms with Gasteiger partial charge in [-0.15, -0.1) is 0 Å². The maximum atomic E-state index is 2.56. The molecule has 0 atom stereocenters. The molecule has 2 fully saturated rings. The quantitative estimate of drug-likeness (QED) is 0.213. The van der Waals surface area contributed by atoms with E-state index < -0.39 is 0 Å². The van der Waals surface area contributed by atoms with Crippen LogP contribution in [0.5, 0.6) is 0 Å². The number of rotatable bonds is 3. The van der Waals surface area contributed by atoms with E-state index in [2.05, 4.69) is 97.1 Å². The van der Waals surface area contributed by atoms with Crippen molar-refractivity contribution in [3.05, 3.63) is 108 Å². The molecule has 0 heteroatoms. The van der Waals surface area contributed by atoms with Gasteiger partial charge in [0.15, 0.2) is 0 Å². The molecule has 0 aliphatic heterocycles. The fourth-order valence-electron chi connectivity index (χ4n) is 9.30. The molecule has 0 aromatic heterocycles. The lowest BCUT2D eigenvalue weighted by Crippen LogP contribution is -2.47. The maximum Gasteiger partial charge on any atom is 0.0271 e. The lowest BCUT2D eigenvalue weighted by atomic mass is 9.50. The SMILES string of the molecule is c1ccc(-c2c3ccccc3c3c4c(cccc24)C(C2CCCCC2)(C2CCCCC2)c2ccccc2-3)cc1. The zero-order chi connectivity index (χ0) is 25.8. The average Bonchev–Trinajstić information content (AvgIpc) is 3.02. The molecule has 0 nitrogen and oxygen atoms in total. The van der Waals surface area contributed by atoms with E-state index in [9.17, 15) is 0 Å². The maximum absolute atomic E-state index is 2.56. The van der Waals surface area contributed by atoms with Crippen LogP contribution in [0.1, 0.15) is 75.3 Å². The minimum Gasteiger partial charge on any atom is -0.0622 e. The second-order valence-corrected chi connectivity index (χ2v) is 12.5. The Kier molecular flexibility index (Phi) is 5.65. The third-order valence-corrected chi connectivity index (χ3v) is 10.7. The molecular formula is C39H38. The third kappa shape index (κ3) is 3.37. The van der Waals surface area contributed by atoms with Crippen molar-refractivity contribution in [1.29, 1.82) is 0 Å². The van der Waals surface area contributed by atoms with E-state index in [1.165, 1.54) is 103 Å². The van der Waals surface area contributed by atoms with Gasteiger partial charge in [0.25, 0.3) is 0 Å². The summed E-state index contributed by atoms with van der Waals surface area (Å²) in [6, 6.07) is 37.4. The van der Waals surface area contributed by atoms with Crippen LogP contribution in [0.4, 0.5) is 0 Å². The van der Waals surface area contributed by atoms with Crippen LogP contribution in [0, 0.1) is 11.8 Å². The Balaban J connectivity index is 1.57. The number of benzene rings is 5. The van der Waals surface area contributed by atoms with Gasteiger partial charge in [0.2, 0.25) is 0 Å². The molecule has 2 saturated carbocycles. The van der Waals surface area contributed by atoms with Gasteiger partial charge in [-0.25, -0.2) is 0 Å².